The fourth-order valence-electron chi connectivity index (χ4n) is 0.493. The Hall–Kier alpha value is -0.120. The van der Waals surface area contributed by atoms with Crippen molar-refractivity contribution in [2.45, 2.75) is 25.0 Å². The van der Waals surface area contributed by atoms with Crippen molar-refractivity contribution >= 4 is 0 Å². The van der Waals surface area contributed by atoms with Crippen molar-refractivity contribution in [2.75, 3.05) is 6.61 Å². The van der Waals surface area contributed by atoms with E-state index in [0.29, 0.717) is 12.8 Å². The van der Waals surface area contributed by atoms with Gasteiger partial charge in [0.2, 0.25) is 0 Å². The van der Waals surface area contributed by atoms with E-state index in [9.17, 15) is 0 Å². The summed E-state index contributed by atoms with van der Waals surface area (Å²) in [6.07, 6.45) is -0.816. The number of hydrogen-bond donors (Lipinski definition) is 3. The van der Waals surface area contributed by atoms with E-state index in [1.54, 1.807) is 0 Å². The Kier molecular flexibility index (Phi) is 4.67. The van der Waals surface area contributed by atoms with Crippen molar-refractivity contribution in [1.82, 2.24) is 0 Å². The summed E-state index contributed by atoms with van der Waals surface area (Å²) in [4.78, 5) is 0. The molecule has 0 spiro atoms. The van der Waals surface area contributed by atoms with Crippen LogP contribution in [0.15, 0.2) is 0 Å². The molecule has 3 heteroatoms. The highest BCUT2D eigenvalue weighted by molar-refractivity contribution is 4.67. The molecule has 0 aromatic heterocycles. The van der Waals surface area contributed by atoms with Crippen LogP contribution in [-0.4, -0.2) is 34.1 Å². The first-order valence-corrected chi connectivity index (χ1v) is 2.98. The van der Waals surface area contributed by atoms with Gasteiger partial charge in [0, 0.05) is 6.61 Å². The second kappa shape index (κ2) is 4.73. The van der Waals surface area contributed by atoms with Gasteiger partial charge in [0.05, 0.1) is 12.2 Å². The van der Waals surface area contributed by atoms with Crippen LogP contribution in [-0.2, 0) is 0 Å². The smallest absolute Gasteiger partial charge is 0.0800 e. The molecule has 0 rings (SSSR count). The van der Waals surface area contributed by atoms with Gasteiger partial charge in [0.25, 0.3) is 0 Å². The molecule has 0 bridgehead atoms. The first kappa shape index (κ1) is 8.88. The first-order chi connectivity index (χ1) is 4.18. The molecule has 0 aromatic carbocycles. The Morgan fingerprint density at radius 1 is 1.33 bits per heavy atom. The Bertz CT molecular complexity index is 63.3. The SMILES string of the molecule is [CH2]C(O)C(O)CCCO. The highest BCUT2D eigenvalue weighted by Gasteiger charge is 2.08. The minimum Gasteiger partial charge on any atom is -0.396 e. The topological polar surface area (TPSA) is 60.7 Å². The second-order valence-electron chi connectivity index (χ2n) is 2.00. The summed E-state index contributed by atoms with van der Waals surface area (Å²) in [5, 5.41) is 25.7. The van der Waals surface area contributed by atoms with Gasteiger partial charge in [0.1, 0.15) is 0 Å². The highest BCUT2D eigenvalue weighted by Crippen LogP contribution is 1.99. The maximum Gasteiger partial charge on any atom is 0.0800 e. The zero-order valence-electron chi connectivity index (χ0n) is 5.32. The van der Waals surface area contributed by atoms with Crippen LogP contribution in [0.5, 0.6) is 0 Å². The molecule has 2 atom stereocenters. The van der Waals surface area contributed by atoms with Crippen molar-refractivity contribution in [3.63, 3.8) is 0 Å². The van der Waals surface area contributed by atoms with Crippen LogP contribution in [0.2, 0.25) is 0 Å². The highest BCUT2D eigenvalue weighted by atomic mass is 16.3. The van der Waals surface area contributed by atoms with Gasteiger partial charge in [-0.25, -0.2) is 0 Å². The second-order valence-corrected chi connectivity index (χ2v) is 2.00. The molecule has 0 aliphatic carbocycles. The molecule has 0 fully saturated rings. The fraction of sp³-hybridized carbons (Fsp3) is 0.833. The molecule has 0 heterocycles. The lowest BCUT2D eigenvalue weighted by atomic mass is 10.1. The van der Waals surface area contributed by atoms with Crippen LogP contribution < -0.4 is 0 Å². The number of aliphatic hydroxyl groups is 3. The lowest BCUT2D eigenvalue weighted by Gasteiger charge is -2.11. The fourth-order valence-corrected chi connectivity index (χ4v) is 0.493. The Labute approximate surface area is 54.9 Å². The molecule has 0 aromatic rings. The number of hydrogen-bond acceptors (Lipinski definition) is 3. The van der Waals surface area contributed by atoms with Gasteiger partial charge in [-0.1, -0.05) is 0 Å². The lowest BCUT2D eigenvalue weighted by molar-refractivity contribution is 0.0371. The lowest BCUT2D eigenvalue weighted by Crippen LogP contribution is -2.22. The predicted molar refractivity (Wildman–Crippen MR) is 33.7 cm³/mol. The largest absolute Gasteiger partial charge is 0.396 e. The average molecular weight is 133 g/mol. The maximum atomic E-state index is 8.83. The molecule has 55 valence electrons. The summed E-state index contributed by atoms with van der Waals surface area (Å²) in [5.74, 6) is 0. The molecular formula is C6H13O3. The Balaban J connectivity index is 3.16. The predicted octanol–water partition coefficient (Wildman–Crippen LogP) is -0.685. The van der Waals surface area contributed by atoms with Crippen LogP contribution in [0.3, 0.4) is 0 Å². The normalized spacial score (nSPS) is 17.3. The number of aliphatic hydroxyl groups excluding tert-OH is 3. The van der Waals surface area contributed by atoms with Crippen molar-refractivity contribution in [2.24, 2.45) is 0 Å². The maximum absolute atomic E-state index is 8.83. The Morgan fingerprint density at radius 3 is 2.22 bits per heavy atom. The van der Waals surface area contributed by atoms with Crippen LogP contribution in [0, 0.1) is 6.92 Å². The van der Waals surface area contributed by atoms with E-state index in [-0.39, 0.29) is 6.61 Å². The zero-order valence-corrected chi connectivity index (χ0v) is 5.32. The molecule has 0 aliphatic heterocycles. The van der Waals surface area contributed by atoms with E-state index in [1.165, 1.54) is 0 Å². The summed E-state index contributed by atoms with van der Waals surface area (Å²) in [5.41, 5.74) is 0. The molecule has 2 unspecified atom stereocenters. The number of rotatable bonds is 4. The van der Waals surface area contributed by atoms with E-state index in [4.69, 9.17) is 15.3 Å². The molecule has 9 heavy (non-hydrogen) atoms. The summed E-state index contributed by atoms with van der Waals surface area (Å²) < 4.78 is 0. The van der Waals surface area contributed by atoms with E-state index in [2.05, 4.69) is 6.92 Å². The van der Waals surface area contributed by atoms with Gasteiger partial charge in [-0.2, -0.15) is 0 Å². The van der Waals surface area contributed by atoms with Crippen LogP contribution in [0.4, 0.5) is 0 Å². The summed E-state index contributed by atoms with van der Waals surface area (Å²) in [6, 6.07) is 0. The third-order valence-electron chi connectivity index (χ3n) is 1.10. The van der Waals surface area contributed by atoms with E-state index < -0.39 is 12.2 Å². The quantitative estimate of drug-likeness (QED) is 0.476. The zero-order chi connectivity index (χ0) is 7.28. The molecule has 0 aliphatic rings. The van der Waals surface area contributed by atoms with Gasteiger partial charge < -0.3 is 15.3 Å². The van der Waals surface area contributed by atoms with Crippen LogP contribution in [0.1, 0.15) is 12.8 Å². The first-order valence-electron chi connectivity index (χ1n) is 2.98. The minimum absolute atomic E-state index is 0.0454. The van der Waals surface area contributed by atoms with Crippen molar-refractivity contribution < 1.29 is 15.3 Å². The third kappa shape index (κ3) is 4.39. The van der Waals surface area contributed by atoms with Gasteiger partial charge in [-0.05, 0) is 19.8 Å². The molecule has 1 radical (unpaired) electrons. The average Bonchev–Trinajstić information content (AvgIpc) is 1.82. The van der Waals surface area contributed by atoms with Gasteiger partial charge in [-0.15, -0.1) is 0 Å². The van der Waals surface area contributed by atoms with Crippen molar-refractivity contribution in [3.05, 3.63) is 6.92 Å². The van der Waals surface area contributed by atoms with Crippen molar-refractivity contribution in [1.29, 1.82) is 0 Å². The van der Waals surface area contributed by atoms with Gasteiger partial charge in [-0.3, -0.25) is 0 Å². The van der Waals surface area contributed by atoms with Crippen molar-refractivity contribution in [3.8, 4) is 0 Å². The molecule has 0 saturated carbocycles. The third-order valence-corrected chi connectivity index (χ3v) is 1.10. The minimum atomic E-state index is -0.934. The monoisotopic (exact) mass is 133 g/mol. The van der Waals surface area contributed by atoms with Gasteiger partial charge >= 0.3 is 0 Å². The molecular weight excluding hydrogens is 120 g/mol. The van der Waals surface area contributed by atoms with Gasteiger partial charge in [0.15, 0.2) is 0 Å². The van der Waals surface area contributed by atoms with Crippen LogP contribution in [0.25, 0.3) is 0 Å². The molecule has 0 saturated heterocycles. The molecule has 3 N–H and O–H groups in total. The molecule has 3 nitrogen and oxygen atoms in total. The van der Waals surface area contributed by atoms with Crippen LogP contribution >= 0.6 is 0 Å². The summed E-state index contributed by atoms with van der Waals surface area (Å²) in [7, 11) is 0. The summed E-state index contributed by atoms with van der Waals surface area (Å²) in [6.45, 7) is 3.26. The van der Waals surface area contributed by atoms with E-state index >= 15 is 0 Å². The molecule has 0 amide bonds. The Morgan fingerprint density at radius 2 is 1.89 bits per heavy atom. The standard InChI is InChI=1S/C6H13O3/c1-5(8)6(9)3-2-4-7/h5-9H,1-4H2. The van der Waals surface area contributed by atoms with E-state index in [0.717, 1.165) is 0 Å². The van der Waals surface area contributed by atoms with E-state index in [1.807, 2.05) is 0 Å². The summed E-state index contributed by atoms with van der Waals surface area (Å²) >= 11 is 0.